The van der Waals surface area contributed by atoms with E-state index in [0.717, 1.165) is 29.9 Å². The Morgan fingerprint density at radius 1 is 1.56 bits per heavy atom. The van der Waals surface area contributed by atoms with Crippen LogP contribution in [-0.2, 0) is 4.74 Å². The summed E-state index contributed by atoms with van der Waals surface area (Å²) in [6.45, 7) is 3.36. The highest BCUT2D eigenvalue weighted by molar-refractivity contribution is 5.96. The third-order valence-electron chi connectivity index (χ3n) is 2.68. The van der Waals surface area contributed by atoms with Gasteiger partial charge < -0.3 is 15.2 Å². The molecule has 0 radical (unpaired) electrons. The molecule has 2 rings (SSSR count). The fourth-order valence-corrected chi connectivity index (χ4v) is 1.81. The van der Waals surface area contributed by atoms with E-state index in [9.17, 15) is 0 Å². The van der Waals surface area contributed by atoms with Gasteiger partial charge >= 0.3 is 0 Å². The number of aryl methyl sites for hydroxylation is 1. The maximum absolute atomic E-state index is 7.39. The van der Waals surface area contributed by atoms with Crippen LogP contribution in [0.15, 0.2) is 18.2 Å². The molecule has 1 aromatic rings. The van der Waals surface area contributed by atoms with Gasteiger partial charge in [-0.15, -0.1) is 0 Å². The van der Waals surface area contributed by atoms with Crippen molar-refractivity contribution in [3.8, 4) is 5.75 Å². The molecule has 16 heavy (non-hydrogen) atoms. The van der Waals surface area contributed by atoms with Gasteiger partial charge in [0.05, 0.1) is 13.2 Å². The van der Waals surface area contributed by atoms with Crippen molar-refractivity contribution in [2.24, 2.45) is 5.73 Å². The van der Waals surface area contributed by atoms with Gasteiger partial charge in [0.2, 0.25) is 0 Å². The molecule has 1 aliphatic heterocycles. The average molecular weight is 220 g/mol. The molecule has 1 saturated heterocycles. The van der Waals surface area contributed by atoms with E-state index in [0.29, 0.717) is 6.61 Å². The van der Waals surface area contributed by atoms with Gasteiger partial charge in [-0.2, -0.15) is 0 Å². The molecular formula is C12H16N2O2. The Morgan fingerprint density at radius 2 is 2.38 bits per heavy atom. The number of nitrogens with one attached hydrogen (secondary N) is 1. The third kappa shape index (κ3) is 2.33. The van der Waals surface area contributed by atoms with E-state index < -0.39 is 0 Å². The van der Waals surface area contributed by atoms with E-state index >= 15 is 0 Å². The van der Waals surface area contributed by atoms with Crippen molar-refractivity contribution in [2.45, 2.75) is 19.4 Å². The quantitative estimate of drug-likeness (QED) is 0.598. The van der Waals surface area contributed by atoms with Crippen molar-refractivity contribution in [1.29, 1.82) is 5.41 Å². The van der Waals surface area contributed by atoms with Crippen molar-refractivity contribution >= 4 is 5.84 Å². The number of hydrogen-bond acceptors (Lipinski definition) is 3. The predicted molar refractivity (Wildman–Crippen MR) is 62.0 cm³/mol. The molecule has 0 bridgehead atoms. The number of ether oxygens (including phenoxy) is 2. The van der Waals surface area contributed by atoms with Crippen LogP contribution >= 0.6 is 0 Å². The smallest absolute Gasteiger partial charge is 0.124 e. The van der Waals surface area contributed by atoms with Crippen LogP contribution in [0, 0.1) is 12.3 Å². The number of nitrogens with two attached hydrogens (primary N) is 1. The maximum atomic E-state index is 7.39. The molecule has 1 atom stereocenters. The Labute approximate surface area is 94.9 Å². The van der Waals surface area contributed by atoms with Crippen LogP contribution in [0.4, 0.5) is 0 Å². The average Bonchev–Trinajstić information content (AvgIpc) is 2.70. The van der Waals surface area contributed by atoms with Crippen molar-refractivity contribution in [2.75, 3.05) is 13.2 Å². The zero-order valence-corrected chi connectivity index (χ0v) is 9.32. The summed E-state index contributed by atoms with van der Waals surface area (Å²) in [5.41, 5.74) is 7.17. The lowest BCUT2D eigenvalue weighted by atomic mass is 10.1. The molecule has 0 aromatic heterocycles. The van der Waals surface area contributed by atoms with Crippen LogP contribution in [0.2, 0.25) is 0 Å². The zero-order chi connectivity index (χ0) is 11.5. The Kier molecular flexibility index (Phi) is 3.10. The lowest BCUT2D eigenvalue weighted by Crippen LogP contribution is -2.16. The van der Waals surface area contributed by atoms with Crippen molar-refractivity contribution in [3.63, 3.8) is 0 Å². The van der Waals surface area contributed by atoms with Gasteiger partial charge in [-0.1, -0.05) is 0 Å². The van der Waals surface area contributed by atoms with Gasteiger partial charge in [-0.3, -0.25) is 5.41 Å². The number of hydrogen-bond donors (Lipinski definition) is 2. The molecule has 1 aliphatic rings. The van der Waals surface area contributed by atoms with Crippen molar-refractivity contribution < 1.29 is 9.47 Å². The highest BCUT2D eigenvalue weighted by Gasteiger charge is 2.17. The Balaban J connectivity index is 2.11. The minimum Gasteiger partial charge on any atom is -0.488 e. The van der Waals surface area contributed by atoms with Gasteiger partial charge in [0, 0.05) is 12.0 Å². The SMILES string of the molecule is Cc1cc(OC2CCOC2)ccc1C(=N)N. The summed E-state index contributed by atoms with van der Waals surface area (Å²) in [6.07, 6.45) is 1.09. The molecular weight excluding hydrogens is 204 g/mol. The molecule has 1 unspecified atom stereocenters. The summed E-state index contributed by atoms with van der Waals surface area (Å²) in [5, 5.41) is 7.39. The highest BCUT2D eigenvalue weighted by Crippen LogP contribution is 2.20. The lowest BCUT2D eigenvalue weighted by molar-refractivity contribution is 0.141. The summed E-state index contributed by atoms with van der Waals surface area (Å²) in [7, 11) is 0. The molecule has 1 fully saturated rings. The first-order valence-electron chi connectivity index (χ1n) is 5.36. The summed E-state index contributed by atoms with van der Waals surface area (Å²) in [4.78, 5) is 0. The molecule has 0 aliphatic carbocycles. The zero-order valence-electron chi connectivity index (χ0n) is 9.32. The highest BCUT2D eigenvalue weighted by atomic mass is 16.5. The fraction of sp³-hybridized carbons (Fsp3) is 0.417. The van der Waals surface area contributed by atoms with E-state index in [4.69, 9.17) is 20.6 Å². The van der Waals surface area contributed by atoms with E-state index in [1.807, 2.05) is 25.1 Å². The second-order valence-corrected chi connectivity index (χ2v) is 3.99. The van der Waals surface area contributed by atoms with Gasteiger partial charge in [-0.05, 0) is 30.7 Å². The molecule has 3 N–H and O–H groups in total. The molecule has 0 spiro atoms. The molecule has 0 amide bonds. The summed E-state index contributed by atoms with van der Waals surface area (Å²) in [6, 6.07) is 5.58. The summed E-state index contributed by atoms with van der Waals surface area (Å²) >= 11 is 0. The Morgan fingerprint density at radius 3 is 2.94 bits per heavy atom. The lowest BCUT2D eigenvalue weighted by Gasteiger charge is -2.13. The minimum atomic E-state index is 0.0910. The standard InChI is InChI=1S/C12H16N2O2/c1-8-6-9(2-3-11(8)12(13)14)16-10-4-5-15-7-10/h2-3,6,10H,4-5,7H2,1H3,(H3,13,14). The Hall–Kier alpha value is -1.55. The first kappa shape index (κ1) is 11.0. The van der Waals surface area contributed by atoms with Gasteiger partial charge in [0.25, 0.3) is 0 Å². The fourth-order valence-electron chi connectivity index (χ4n) is 1.81. The maximum Gasteiger partial charge on any atom is 0.124 e. The van der Waals surface area contributed by atoms with Gasteiger partial charge in [0.15, 0.2) is 0 Å². The largest absolute Gasteiger partial charge is 0.488 e. The molecule has 4 nitrogen and oxygen atoms in total. The van der Waals surface area contributed by atoms with Gasteiger partial charge in [0.1, 0.15) is 17.7 Å². The molecule has 86 valence electrons. The number of amidine groups is 1. The van der Waals surface area contributed by atoms with Crippen LogP contribution in [0.5, 0.6) is 5.75 Å². The third-order valence-corrected chi connectivity index (χ3v) is 2.68. The number of rotatable bonds is 3. The summed E-state index contributed by atoms with van der Waals surface area (Å²) in [5.74, 6) is 0.909. The second kappa shape index (κ2) is 4.53. The van der Waals surface area contributed by atoms with E-state index in [2.05, 4.69) is 0 Å². The van der Waals surface area contributed by atoms with Crippen molar-refractivity contribution in [3.05, 3.63) is 29.3 Å². The normalized spacial score (nSPS) is 19.7. The van der Waals surface area contributed by atoms with E-state index in [-0.39, 0.29) is 11.9 Å². The van der Waals surface area contributed by atoms with E-state index in [1.54, 1.807) is 0 Å². The topological polar surface area (TPSA) is 68.3 Å². The molecule has 4 heteroatoms. The molecule has 1 aromatic carbocycles. The molecule has 0 saturated carbocycles. The first-order valence-corrected chi connectivity index (χ1v) is 5.36. The number of nitrogen functional groups attached to an aromatic ring is 1. The van der Waals surface area contributed by atoms with Crippen molar-refractivity contribution in [1.82, 2.24) is 0 Å². The van der Waals surface area contributed by atoms with E-state index in [1.165, 1.54) is 0 Å². The second-order valence-electron chi connectivity index (χ2n) is 3.99. The monoisotopic (exact) mass is 220 g/mol. The minimum absolute atomic E-state index is 0.0910. The molecule has 1 heterocycles. The van der Waals surface area contributed by atoms with Crippen LogP contribution in [0.25, 0.3) is 0 Å². The first-order chi connectivity index (χ1) is 7.66. The van der Waals surface area contributed by atoms with Crippen LogP contribution in [-0.4, -0.2) is 25.2 Å². The predicted octanol–water partition coefficient (Wildman–Crippen LogP) is 1.45. The van der Waals surface area contributed by atoms with Gasteiger partial charge in [-0.25, -0.2) is 0 Å². The number of benzene rings is 1. The van der Waals surface area contributed by atoms with Crippen LogP contribution in [0.3, 0.4) is 0 Å². The Bertz CT molecular complexity index is 398. The summed E-state index contributed by atoms with van der Waals surface area (Å²) < 4.78 is 11.0. The van der Waals surface area contributed by atoms with Crippen LogP contribution in [0.1, 0.15) is 17.5 Å². The van der Waals surface area contributed by atoms with Crippen LogP contribution < -0.4 is 10.5 Å².